The number of carbonyl (C=O) groups is 1. The summed E-state index contributed by atoms with van der Waals surface area (Å²) in [6.45, 7) is 0. The predicted octanol–water partition coefficient (Wildman–Crippen LogP) is 3.26. The van der Waals surface area contributed by atoms with Gasteiger partial charge < -0.3 is 5.11 Å². The zero-order valence-electron chi connectivity index (χ0n) is 10.6. The summed E-state index contributed by atoms with van der Waals surface area (Å²) in [5, 5.41) is 8.86. The van der Waals surface area contributed by atoms with Crippen LogP contribution in [-0.2, 0) is 15.6 Å². The molecule has 0 fully saturated rings. The first-order valence-corrected chi connectivity index (χ1v) is 8.24. The normalized spacial score (nSPS) is 11.3. The molecule has 0 aliphatic carbocycles. The van der Waals surface area contributed by atoms with Crippen LogP contribution in [0.25, 0.3) is 0 Å². The number of rotatable bonds is 4. The molecule has 0 aliphatic heterocycles. The average Bonchev–Trinajstić information content (AvgIpc) is 2.41. The lowest BCUT2D eigenvalue weighted by Crippen LogP contribution is -2.06. The molecule has 2 rings (SSSR count). The number of carboxylic acids is 1. The minimum atomic E-state index is -3.63. The molecule has 2 aromatic carbocycles. The molecule has 0 saturated carbocycles. The van der Waals surface area contributed by atoms with Gasteiger partial charge in [-0.05, 0) is 42.0 Å². The molecule has 0 bridgehead atoms. The summed E-state index contributed by atoms with van der Waals surface area (Å²) in [6, 6.07) is 8.67. The van der Waals surface area contributed by atoms with E-state index < -0.39 is 21.6 Å². The highest BCUT2D eigenvalue weighted by molar-refractivity contribution is 9.10. The van der Waals surface area contributed by atoms with E-state index in [0.717, 1.165) is 12.1 Å². The largest absolute Gasteiger partial charge is 0.478 e. The predicted molar refractivity (Wildman–Crippen MR) is 78.4 cm³/mol. The van der Waals surface area contributed by atoms with Crippen molar-refractivity contribution in [1.82, 2.24) is 0 Å². The van der Waals surface area contributed by atoms with Crippen molar-refractivity contribution in [3.8, 4) is 0 Å². The zero-order chi connectivity index (χ0) is 15.6. The summed E-state index contributed by atoms with van der Waals surface area (Å²) in [7, 11) is -3.63. The molecule has 0 aromatic heterocycles. The van der Waals surface area contributed by atoms with E-state index in [1.807, 2.05) is 0 Å². The van der Waals surface area contributed by atoms with Gasteiger partial charge in [0.2, 0.25) is 0 Å². The van der Waals surface area contributed by atoms with Crippen LogP contribution in [0.15, 0.2) is 51.8 Å². The maximum Gasteiger partial charge on any atom is 0.335 e. The lowest BCUT2D eigenvalue weighted by Gasteiger charge is -2.07. The molecular weight excluding hydrogens is 363 g/mol. The molecule has 0 unspecified atom stereocenters. The number of carboxylic acid groups (broad SMARTS) is 1. The standard InChI is InChI=1S/C14H10BrFO4S/c15-13-7-9(14(17)18)1-2-10(13)8-21(19,20)12-5-3-11(16)4-6-12/h1-7H,8H2,(H,17,18). The smallest absolute Gasteiger partial charge is 0.335 e. The van der Waals surface area contributed by atoms with Gasteiger partial charge in [-0.15, -0.1) is 0 Å². The van der Waals surface area contributed by atoms with E-state index in [4.69, 9.17) is 5.11 Å². The topological polar surface area (TPSA) is 71.4 Å². The highest BCUT2D eigenvalue weighted by Gasteiger charge is 2.18. The van der Waals surface area contributed by atoms with Crippen molar-refractivity contribution >= 4 is 31.7 Å². The number of halogens is 2. The summed E-state index contributed by atoms with van der Waals surface area (Å²) >= 11 is 3.16. The molecule has 0 radical (unpaired) electrons. The van der Waals surface area contributed by atoms with E-state index >= 15 is 0 Å². The van der Waals surface area contributed by atoms with Crippen LogP contribution in [0, 0.1) is 5.82 Å². The SMILES string of the molecule is O=C(O)c1ccc(CS(=O)(=O)c2ccc(F)cc2)c(Br)c1. The third-order valence-electron chi connectivity index (χ3n) is 2.82. The summed E-state index contributed by atoms with van der Waals surface area (Å²) < 4.78 is 37.7. The average molecular weight is 373 g/mol. The van der Waals surface area contributed by atoms with E-state index in [1.165, 1.54) is 30.3 Å². The second-order valence-electron chi connectivity index (χ2n) is 4.32. The van der Waals surface area contributed by atoms with Gasteiger partial charge in [-0.2, -0.15) is 0 Å². The lowest BCUT2D eigenvalue weighted by atomic mass is 10.1. The first kappa shape index (κ1) is 15.7. The minimum Gasteiger partial charge on any atom is -0.478 e. The van der Waals surface area contributed by atoms with Crippen LogP contribution in [0.3, 0.4) is 0 Å². The lowest BCUT2D eigenvalue weighted by molar-refractivity contribution is 0.0697. The van der Waals surface area contributed by atoms with Crippen molar-refractivity contribution in [3.05, 3.63) is 63.9 Å². The van der Waals surface area contributed by atoms with E-state index in [2.05, 4.69) is 15.9 Å². The van der Waals surface area contributed by atoms with E-state index in [1.54, 1.807) is 0 Å². The molecule has 0 atom stereocenters. The van der Waals surface area contributed by atoms with Crippen molar-refractivity contribution in [2.45, 2.75) is 10.6 Å². The van der Waals surface area contributed by atoms with E-state index in [9.17, 15) is 17.6 Å². The first-order chi connectivity index (χ1) is 9.79. The van der Waals surface area contributed by atoms with Gasteiger partial charge in [0.1, 0.15) is 5.82 Å². The Balaban J connectivity index is 2.32. The van der Waals surface area contributed by atoms with Crippen LogP contribution in [0.5, 0.6) is 0 Å². The molecule has 4 nitrogen and oxygen atoms in total. The summed E-state index contributed by atoms with van der Waals surface area (Å²) in [6.07, 6.45) is 0. The van der Waals surface area contributed by atoms with Crippen LogP contribution in [0.4, 0.5) is 4.39 Å². The van der Waals surface area contributed by atoms with Crippen LogP contribution < -0.4 is 0 Å². The van der Waals surface area contributed by atoms with Gasteiger partial charge in [-0.25, -0.2) is 17.6 Å². The zero-order valence-corrected chi connectivity index (χ0v) is 13.0. The number of hydrogen-bond acceptors (Lipinski definition) is 3. The van der Waals surface area contributed by atoms with Crippen molar-refractivity contribution < 1.29 is 22.7 Å². The minimum absolute atomic E-state index is 0.0121. The first-order valence-electron chi connectivity index (χ1n) is 5.79. The fraction of sp³-hybridized carbons (Fsp3) is 0.0714. The molecule has 21 heavy (non-hydrogen) atoms. The molecule has 0 aliphatic rings. The Morgan fingerprint density at radius 2 is 1.76 bits per heavy atom. The van der Waals surface area contributed by atoms with Crippen LogP contribution in [0.2, 0.25) is 0 Å². The summed E-state index contributed by atoms with van der Waals surface area (Å²) in [5.74, 6) is -1.91. The van der Waals surface area contributed by atoms with Crippen molar-refractivity contribution in [3.63, 3.8) is 0 Å². The summed E-state index contributed by atoms with van der Waals surface area (Å²) in [4.78, 5) is 10.8. The van der Waals surface area contributed by atoms with Crippen LogP contribution in [0.1, 0.15) is 15.9 Å². The van der Waals surface area contributed by atoms with Gasteiger partial charge in [0.05, 0.1) is 16.2 Å². The number of sulfone groups is 1. The molecule has 1 N–H and O–H groups in total. The molecule has 110 valence electrons. The quantitative estimate of drug-likeness (QED) is 0.836. The Labute approximate surface area is 129 Å². The highest BCUT2D eigenvalue weighted by atomic mass is 79.9. The van der Waals surface area contributed by atoms with Gasteiger partial charge in [0.15, 0.2) is 9.84 Å². The van der Waals surface area contributed by atoms with E-state index in [0.29, 0.717) is 10.0 Å². The third-order valence-corrected chi connectivity index (χ3v) is 5.24. The summed E-state index contributed by atoms with van der Waals surface area (Å²) in [5.41, 5.74) is 0.495. The molecule has 0 amide bonds. The number of benzene rings is 2. The molecule has 7 heteroatoms. The van der Waals surface area contributed by atoms with Crippen molar-refractivity contribution in [2.24, 2.45) is 0 Å². The second kappa shape index (κ2) is 5.95. The van der Waals surface area contributed by atoms with Gasteiger partial charge >= 0.3 is 5.97 Å². The number of aromatic carboxylic acids is 1. The Morgan fingerprint density at radius 3 is 2.29 bits per heavy atom. The van der Waals surface area contributed by atoms with Crippen LogP contribution >= 0.6 is 15.9 Å². The maximum absolute atomic E-state index is 12.8. The highest BCUT2D eigenvalue weighted by Crippen LogP contribution is 2.24. The Morgan fingerprint density at radius 1 is 1.14 bits per heavy atom. The van der Waals surface area contributed by atoms with Gasteiger partial charge in [-0.1, -0.05) is 22.0 Å². The Hall–Kier alpha value is -1.73. The van der Waals surface area contributed by atoms with Crippen LogP contribution in [-0.4, -0.2) is 19.5 Å². The van der Waals surface area contributed by atoms with Gasteiger partial charge in [-0.3, -0.25) is 0 Å². The molecule has 0 saturated heterocycles. The molecule has 2 aromatic rings. The molecular formula is C14H10BrFO4S. The van der Waals surface area contributed by atoms with Gasteiger partial charge in [0.25, 0.3) is 0 Å². The van der Waals surface area contributed by atoms with Crippen molar-refractivity contribution in [1.29, 1.82) is 0 Å². The fourth-order valence-electron chi connectivity index (χ4n) is 1.73. The van der Waals surface area contributed by atoms with E-state index in [-0.39, 0.29) is 16.2 Å². The van der Waals surface area contributed by atoms with Gasteiger partial charge in [0, 0.05) is 4.47 Å². The third kappa shape index (κ3) is 3.68. The second-order valence-corrected chi connectivity index (χ2v) is 7.17. The Kier molecular flexibility index (Phi) is 4.43. The Bertz CT molecular complexity index is 785. The molecule has 0 spiro atoms. The number of hydrogen-bond donors (Lipinski definition) is 1. The fourth-order valence-corrected chi connectivity index (χ4v) is 3.81. The maximum atomic E-state index is 12.8. The van der Waals surface area contributed by atoms with Crippen molar-refractivity contribution in [2.75, 3.05) is 0 Å². The monoisotopic (exact) mass is 372 g/mol. The molecule has 0 heterocycles.